The van der Waals surface area contributed by atoms with Gasteiger partial charge in [0.2, 0.25) is 0 Å². The monoisotopic (exact) mass is 220 g/mol. The van der Waals surface area contributed by atoms with Crippen molar-refractivity contribution in [3.8, 4) is 0 Å². The summed E-state index contributed by atoms with van der Waals surface area (Å²) in [5.41, 5.74) is 0. The van der Waals surface area contributed by atoms with Gasteiger partial charge in [0.15, 0.2) is 5.76 Å². The van der Waals surface area contributed by atoms with Gasteiger partial charge in [-0.2, -0.15) is 0 Å². The number of likely N-dealkylation sites (N-methyl/N-ethyl adjacent to an activating group) is 1. The van der Waals surface area contributed by atoms with E-state index in [0.717, 1.165) is 13.1 Å². The number of carbonyl (C=O) groups excluding carboxylic acids is 1. The lowest BCUT2D eigenvalue weighted by atomic mass is 10.2. The molecule has 2 bridgehead atoms. The van der Waals surface area contributed by atoms with E-state index < -0.39 is 0 Å². The van der Waals surface area contributed by atoms with Crippen LogP contribution >= 0.6 is 0 Å². The molecule has 0 saturated carbocycles. The van der Waals surface area contributed by atoms with Gasteiger partial charge in [0, 0.05) is 25.2 Å². The molecule has 86 valence electrons. The van der Waals surface area contributed by atoms with Crippen molar-refractivity contribution in [2.45, 2.75) is 24.9 Å². The van der Waals surface area contributed by atoms with Gasteiger partial charge >= 0.3 is 0 Å². The van der Waals surface area contributed by atoms with E-state index in [4.69, 9.17) is 4.42 Å². The second kappa shape index (κ2) is 3.63. The number of hydrogen-bond acceptors (Lipinski definition) is 3. The van der Waals surface area contributed by atoms with Gasteiger partial charge in [-0.3, -0.25) is 9.69 Å². The minimum Gasteiger partial charge on any atom is -0.459 e. The first-order valence-corrected chi connectivity index (χ1v) is 5.80. The van der Waals surface area contributed by atoms with Gasteiger partial charge in [-0.05, 0) is 32.0 Å². The van der Waals surface area contributed by atoms with Crippen LogP contribution in [0.4, 0.5) is 0 Å². The Labute approximate surface area is 94.8 Å². The first-order valence-electron chi connectivity index (χ1n) is 5.80. The number of likely N-dealkylation sites (tertiary alicyclic amines) is 1. The smallest absolute Gasteiger partial charge is 0.289 e. The molecule has 2 fully saturated rings. The second-order valence-corrected chi connectivity index (χ2v) is 4.74. The van der Waals surface area contributed by atoms with E-state index in [2.05, 4.69) is 11.9 Å². The molecule has 16 heavy (non-hydrogen) atoms. The van der Waals surface area contributed by atoms with Crippen molar-refractivity contribution < 1.29 is 9.21 Å². The summed E-state index contributed by atoms with van der Waals surface area (Å²) in [7, 11) is 2.16. The van der Waals surface area contributed by atoms with Crippen LogP contribution in [0.15, 0.2) is 22.8 Å². The summed E-state index contributed by atoms with van der Waals surface area (Å²) in [5.74, 6) is 0.499. The van der Waals surface area contributed by atoms with E-state index in [0.29, 0.717) is 17.8 Å². The van der Waals surface area contributed by atoms with Gasteiger partial charge in [-0.1, -0.05) is 0 Å². The van der Waals surface area contributed by atoms with E-state index in [1.54, 1.807) is 18.4 Å². The molecule has 0 aliphatic carbocycles. The van der Waals surface area contributed by atoms with Crippen LogP contribution in [0.5, 0.6) is 0 Å². The summed E-state index contributed by atoms with van der Waals surface area (Å²) in [6, 6.07) is 4.58. The molecule has 3 heterocycles. The lowest BCUT2D eigenvalue weighted by molar-refractivity contribution is 0.0495. The molecular weight excluding hydrogens is 204 g/mol. The van der Waals surface area contributed by atoms with E-state index >= 15 is 0 Å². The van der Waals surface area contributed by atoms with Gasteiger partial charge in [0.25, 0.3) is 5.91 Å². The van der Waals surface area contributed by atoms with E-state index in [9.17, 15) is 4.79 Å². The lowest BCUT2D eigenvalue weighted by Gasteiger charge is -2.38. The maximum Gasteiger partial charge on any atom is 0.289 e. The molecule has 1 aromatic rings. The predicted octanol–water partition coefficient (Wildman–Crippen LogP) is 1.20. The van der Waals surface area contributed by atoms with Gasteiger partial charge in [-0.15, -0.1) is 0 Å². The number of nitrogens with zero attached hydrogens (tertiary/aromatic N) is 2. The Morgan fingerprint density at radius 2 is 2.06 bits per heavy atom. The molecule has 0 unspecified atom stereocenters. The molecule has 0 N–H and O–H groups in total. The summed E-state index contributed by atoms with van der Waals surface area (Å²) >= 11 is 0. The highest BCUT2D eigenvalue weighted by Gasteiger charge is 2.39. The van der Waals surface area contributed by atoms with Crippen molar-refractivity contribution in [3.63, 3.8) is 0 Å². The topological polar surface area (TPSA) is 36.7 Å². The maximum atomic E-state index is 12.1. The van der Waals surface area contributed by atoms with Gasteiger partial charge in [0.1, 0.15) is 0 Å². The highest BCUT2D eigenvalue weighted by atomic mass is 16.3. The fourth-order valence-electron chi connectivity index (χ4n) is 2.84. The summed E-state index contributed by atoms with van der Waals surface area (Å²) in [6.45, 7) is 1.68. The van der Waals surface area contributed by atoms with Gasteiger partial charge in [0.05, 0.1) is 6.26 Å². The quantitative estimate of drug-likeness (QED) is 0.713. The van der Waals surface area contributed by atoms with Crippen LogP contribution in [-0.4, -0.2) is 47.9 Å². The van der Waals surface area contributed by atoms with Crippen molar-refractivity contribution in [1.82, 2.24) is 9.80 Å². The Kier molecular flexibility index (Phi) is 2.24. The number of rotatable bonds is 1. The Morgan fingerprint density at radius 3 is 2.62 bits per heavy atom. The molecule has 2 saturated heterocycles. The van der Waals surface area contributed by atoms with Crippen LogP contribution in [-0.2, 0) is 0 Å². The zero-order chi connectivity index (χ0) is 11.1. The number of piperazine rings is 1. The molecule has 2 atom stereocenters. The molecule has 1 amide bonds. The first kappa shape index (κ1) is 9.90. The maximum absolute atomic E-state index is 12.1. The predicted molar refractivity (Wildman–Crippen MR) is 59.2 cm³/mol. The molecule has 2 aliphatic rings. The van der Waals surface area contributed by atoms with Crippen molar-refractivity contribution in [1.29, 1.82) is 0 Å². The molecule has 0 radical (unpaired) electrons. The second-order valence-electron chi connectivity index (χ2n) is 4.74. The van der Waals surface area contributed by atoms with Crippen LogP contribution in [0.2, 0.25) is 0 Å². The fraction of sp³-hybridized carbons (Fsp3) is 0.583. The fourth-order valence-corrected chi connectivity index (χ4v) is 2.84. The Bertz CT molecular complexity index is 374. The number of hydrogen-bond donors (Lipinski definition) is 0. The van der Waals surface area contributed by atoms with E-state index in [1.165, 1.54) is 12.8 Å². The van der Waals surface area contributed by atoms with E-state index in [-0.39, 0.29) is 5.91 Å². The molecule has 4 nitrogen and oxygen atoms in total. The summed E-state index contributed by atoms with van der Waals surface area (Å²) in [6.07, 6.45) is 3.98. The summed E-state index contributed by atoms with van der Waals surface area (Å²) in [5, 5.41) is 0. The van der Waals surface area contributed by atoms with Crippen molar-refractivity contribution in [3.05, 3.63) is 24.2 Å². The van der Waals surface area contributed by atoms with E-state index in [1.807, 2.05) is 4.90 Å². The Hall–Kier alpha value is -1.29. The average molecular weight is 220 g/mol. The normalized spacial score (nSPS) is 29.7. The standard InChI is InChI=1S/C12H16N2O2/c1-13-9-4-5-10(13)8-14(7-9)12(15)11-3-2-6-16-11/h2-3,6,9-10H,4-5,7-8H2,1H3/t9-,10+. The lowest BCUT2D eigenvalue weighted by Crippen LogP contribution is -2.53. The third kappa shape index (κ3) is 1.45. The van der Waals surface area contributed by atoms with Crippen molar-refractivity contribution in [2.24, 2.45) is 0 Å². The van der Waals surface area contributed by atoms with Crippen molar-refractivity contribution in [2.75, 3.05) is 20.1 Å². The minimum atomic E-state index is 0.0370. The van der Waals surface area contributed by atoms with Gasteiger partial charge in [-0.25, -0.2) is 0 Å². The number of amides is 1. The average Bonchev–Trinajstić information content (AvgIpc) is 2.85. The molecule has 0 spiro atoms. The molecule has 4 heteroatoms. The first-order chi connectivity index (χ1) is 7.75. The van der Waals surface area contributed by atoms with Crippen LogP contribution in [0.3, 0.4) is 0 Å². The molecule has 1 aromatic heterocycles. The SMILES string of the molecule is CN1[C@@H]2CC[C@H]1CN(C(=O)c1ccco1)C2. The zero-order valence-electron chi connectivity index (χ0n) is 9.43. The molecule has 2 aliphatic heterocycles. The molecule has 3 rings (SSSR count). The molecular formula is C12H16N2O2. The number of carbonyl (C=O) groups is 1. The summed E-state index contributed by atoms with van der Waals surface area (Å²) in [4.78, 5) is 16.4. The molecule has 0 aromatic carbocycles. The third-order valence-electron chi connectivity index (χ3n) is 3.87. The number of furan rings is 1. The van der Waals surface area contributed by atoms with Crippen molar-refractivity contribution >= 4 is 5.91 Å². The van der Waals surface area contributed by atoms with Crippen LogP contribution in [0.1, 0.15) is 23.4 Å². The highest BCUT2D eigenvalue weighted by Crippen LogP contribution is 2.28. The Balaban J connectivity index is 1.76. The van der Waals surface area contributed by atoms with Crippen LogP contribution < -0.4 is 0 Å². The zero-order valence-corrected chi connectivity index (χ0v) is 9.43. The summed E-state index contributed by atoms with van der Waals surface area (Å²) < 4.78 is 5.16. The number of fused-ring (bicyclic) bond motifs is 2. The van der Waals surface area contributed by atoms with Crippen LogP contribution in [0, 0.1) is 0 Å². The Morgan fingerprint density at radius 1 is 1.38 bits per heavy atom. The minimum absolute atomic E-state index is 0.0370. The van der Waals surface area contributed by atoms with Crippen LogP contribution in [0.25, 0.3) is 0 Å². The third-order valence-corrected chi connectivity index (χ3v) is 3.87. The van der Waals surface area contributed by atoms with Gasteiger partial charge < -0.3 is 9.32 Å². The largest absolute Gasteiger partial charge is 0.459 e. The highest BCUT2D eigenvalue weighted by molar-refractivity contribution is 5.91.